The predicted molar refractivity (Wildman–Crippen MR) is 68.4 cm³/mol. The standard InChI is InChI=1S/C12H25NOS/c1-4-13-11-10(15-9-8-14)6-5-7-12(11,2)3/h10-11,13-14H,4-9H2,1-3H3. The zero-order chi connectivity index (χ0) is 11.3. The Kier molecular flexibility index (Phi) is 5.44. The Morgan fingerprint density at radius 1 is 1.47 bits per heavy atom. The molecule has 0 bridgehead atoms. The highest BCUT2D eigenvalue weighted by atomic mass is 32.2. The Morgan fingerprint density at radius 2 is 2.20 bits per heavy atom. The van der Waals surface area contributed by atoms with Crippen LogP contribution in [0.3, 0.4) is 0 Å². The van der Waals surface area contributed by atoms with Crippen molar-refractivity contribution in [1.29, 1.82) is 0 Å². The van der Waals surface area contributed by atoms with Gasteiger partial charge in [0.2, 0.25) is 0 Å². The monoisotopic (exact) mass is 231 g/mol. The van der Waals surface area contributed by atoms with Crippen LogP contribution in [0.5, 0.6) is 0 Å². The van der Waals surface area contributed by atoms with Crippen LogP contribution in [0.1, 0.15) is 40.0 Å². The van der Waals surface area contributed by atoms with Gasteiger partial charge in [0.1, 0.15) is 0 Å². The average molecular weight is 231 g/mol. The predicted octanol–water partition coefficient (Wildman–Crippen LogP) is 2.27. The first-order chi connectivity index (χ1) is 7.11. The van der Waals surface area contributed by atoms with Crippen molar-refractivity contribution in [2.45, 2.75) is 51.3 Å². The average Bonchev–Trinajstić information content (AvgIpc) is 2.19. The van der Waals surface area contributed by atoms with Gasteiger partial charge in [-0.1, -0.05) is 27.2 Å². The van der Waals surface area contributed by atoms with E-state index < -0.39 is 0 Å². The van der Waals surface area contributed by atoms with Crippen molar-refractivity contribution < 1.29 is 5.11 Å². The quantitative estimate of drug-likeness (QED) is 0.761. The summed E-state index contributed by atoms with van der Waals surface area (Å²) in [4.78, 5) is 0. The van der Waals surface area contributed by atoms with E-state index >= 15 is 0 Å². The molecule has 1 fully saturated rings. The fourth-order valence-corrected chi connectivity index (χ4v) is 3.99. The van der Waals surface area contributed by atoms with E-state index in [4.69, 9.17) is 5.11 Å². The smallest absolute Gasteiger partial charge is 0.0521 e. The first kappa shape index (κ1) is 13.3. The molecular weight excluding hydrogens is 206 g/mol. The first-order valence-electron chi connectivity index (χ1n) is 6.07. The zero-order valence-corrected chi connectivity index (χ0v) is 11.1. The van der Waals surface area contributed by atoms with Crippen molar-refractivity contribution in [3.05, 3.63) is 0 Å². The van der Waals surface area contributed by atoms with Crippen molar-refractivity contribution in [3.8, 4) is 0 Å². The van der Waals surface area contributed by atoms with E-state index in [1.165, 1.54) is 19.3 Å². The van der Waals surface area contributed by atoms with Crippen LogP contribution in [0.2, 0.25) is 0 Å². The van der Waals surface area contributed by atoms with Crippen LogP contribution < -0.4 is 5.32 Å². The molecule has 2 nitrogen and oxygen atoms in total. The van der Waals surface area contributed by atoms with Gasteiger partial charge in [0.05, 0.1) is 6.61 Å². The highest BCUT2D eigenvalue weighted by molar-refractivity contribution is 8.00. The summed E-state index contributed by atoms with van der Waals surface area (Å²) in [6.07, 6.45) is 3.95. The lowest BCUT2D eigenvalue weighted by atomic mass is 9.73. The van der Waals surface area contributed by atoms with Gasteiger partial charge in [-0.05, 0) is 24.8 Å². The summed E-state index contributed by atoms with van der Waals surface area (Å²) in [7, 11) is 0. The number of rotatable bonds is 5. The molecule has 0 radical (unpaired) electrons. The van der Waals surface area contributed by atoms with E-state index in [1.54, 1.807) is 0 Å². The van der Waals surface area contributed by atoms with E-state index in [0.29, 0.717) is 23.3 Å². The van der Waals surface area contributed by atoms with Crippen molar-refractivity contribution >= 4 is 11.8 Å². The summed E-state index contributed by atoms with van der Waals surface area (Å²) >= 11 is 1.94. The molecule has 15 heavy (non-hydrogen) atoms. The lowest BCUT2D eigenvalue weighted by Crippen LogP contribution is -2.51. The summed E-state index contributed by atoms with van der Waals surface area (Å²) in [6, 6.07) is 0.604. The SMILES string of the molecule is CCNC1C(SCCO)CCCC1(C)C. The molecular formula is C12H25NOS. The van der Waals surface area contributed by atoms with Gasteiger partial charge < -0.3 is 10.4 Å². The molecule has 0 amide bonds. The molecule has 3 heteroatoms. The molecule has 90 valence electrons. The summed E-state index contributed by atoms with van der Waals surface area (Å²) < 4.78 is 0. The van der Waals surface area contributed by atoms with Gasteiger partial charge in [0.25, 0.3) is 0 Å². The second kappa shape index (κ2) is 6.12. The molecule has 1 saturated carbocycles. The minimum atomic E-state index is 0.306. The Morgan fingerprint density at radius 3 is 2.80 bits per heavy atom. The van der Waals surface area contributed by atoms with Crippen LogP contribution in [-0.2, 0) is 0 Å². The van der Waals surface area contributed by atoms with Crippen LogP contribution in [0, 0.1) is 5.41 Å². The molecule has 0 spiro atoms. The molecule has 1 rings (SSSR count). The number of nitrogens with one attached hydrogen (secondary N) is 1. The van der Waals surface area contributed by atoms with Crippen LogP contribution in [0.25, 0.3) is 0 Å². The minimum absolute atomic E-state index is 0.306. The van der Waals surface area contributed by atoms with Crippen molar-refractivity contribution in [1.82, 2.24) is 5.32 Å². The third-order valence-corrected chi connectivity index (χ3v) is 4.73. The molecule has 0 aliphatic heterocycles. The fourth-order valence-electron chi connectivity index (χ4n) is 2.60. The fraction of sp³-hybridized carbons (Fsp3) is 1.00. The molecule has 0 aromatic carbocycles. The maximum atomic E-state index is 8.90. The number of aliphatic hydroxyl groups excluding tert-OH is 1. The Bertz CT molecular complexity index is 184. The van der Waals surface area contributed by atoms with E-state index in [0.717, 1.165) is 12.3 Å². The normalized spacial score (nSPS) is 30.4. The van der Waals surface area contributed by atoms with Crippen molar-refractivity contribution in [2.75, 3.05) is 18.9 Å². The van der Waals surface area contributed by atoms with Gasteiger partial charge in [-0.2, -0.15) is 11.8 Å². The summed E-state index contributed by atoms with van der Waals surface area (Å²) in [5.41, 5.74) is 0.404. The van der Waals surface area contributed by atoms with Gasteiger partial charge in [0, 0.05) is 17.0 Å². The highest BCUT2D eigenvalue weighted by Crippen LogP contribution is 2.40. The maximum absolute atomic E-state index is 8.90. The molecule has 2 unspecified atom stereocenters. The van der Waals surface area contributed by atoms with Gasteiger partial charge in [-0.3, -0.25) is 0 Å². The molecule has 1 aliphatic rings. The molecule has 0 saturated heterocycles. The summed E-state index contributed by atoms with van der Waals surface area (Å²) in [5, 5.41) is 13.2. The summed E-state index contributed by atoms with van der Waals surface area (Å²) in [5.74, 6) is 0.878. The Labute approximate surface area is 98.2 Å². The van der Waals surface area contributed by atoms with E-state index in [-0.39, 0.29) is 0 Å². The second-order valence-corrected chi connectivity index (χ2v) is 6.40. The Balaban J connectivity index is 2.57. The molecule has 0 aromatic rings. The molecule has 2 N–H and O–H groups in total. The minimum Gasteiger partial charge on any atom is -0.396 e. The number of hydrogen-bond donors (Lipinski definition) is 2. The van der Waals surface area contributed by atoms with Crippen LogP contribution >= 0.6 is 11.8 Å². The van der Waals surface area contributed by atoms with E-state index in [1.807, 2.05) is 11.8 Å². The van der Waals surface area contributed by atoms with Crippen molar-refractivity contribution in [3.63, 3.8) is 0 Å². The highest BCUT2D eigenvalue weighted by Gasteiger charge is 2.38. The van der Waals surface area contributed by atoms with Crippen molar-refractivity contribution in [2.24, 2.45) is 5.41 Å². The van der Waals surface area contributed by atoms with E-state index in [9.17, 15) is 0 Å². The number of aliphatic hydroxyl groups is 1. The maximum Gasteiger partial charge on any atom is 0.0521 e. The molecule has 0 heterocycles. The first-order valence-corrected chi connectivity index (χ1v) is 7.12. The van der Waals surface area contributed by atoms with Crippen LogP contribution in [0.4, 0.5) is 0 Å². The van der Waals surface area contributed by atoms with Crippen LogP contribution in [0.15, 0.2) is 0 Å². The van der Waals surface area contributed by atoms with E-state index in [2.05, 4.69) is 26.1 Å². The summed E-state index contributed by atoms with van der Waals surface area (Å²) in [6.45, 7) is 8.27. The second-order valence-electron chi connectivity index (χ2n) is 5.05. The zero-order valence-electron chi connectivity index (χ0n) is 10.3. The largest absolute Gasteiger partial charge is 0.396 e. The van der Waals surface area contributed by atoms with Gasteiger partial charge in [-0.25, -0.2) is 0 Å². The third-order valence-electron chi connectivity index (χ3n) is 3.37. The number of hydrogen-bond acceptors (Lipinski definition) is 3. The van der Waals surface area contributed by atoms with Crippen LogP contribution in [-0.4, -0.2) is 35.3 Å². The molecule has 0 aromatic heterocycles. The van der Waals surface area contributed by atoms with Gasteiger partial charge in [0.15, 0.2) is 0 Å². The Hall–Kier alpha value is 0.270. The topological polar surface area (TPSA) is 32.3 Å². The lowest BCUT2D eigenvalue weighted by Gasteiger charge is -2.44. The van der Waals surface area contributed by atoms with Gasteiger partial charge in [-0.15, -0.1) is 0 Å². The van der Waals surface area contributed by atoms with Gasteiger partial charge >= 0.3 is 0 Å². The number of thioether (sulfide) groups is 1. The molecule has 2 atom stereocenters. The molecule has 1 aliphatic carbocycles. The third kappa shape index (κ3) is 3.65. The lowest BCUT2D eigenvalue weighted by molar-refractivity contribution is 0.176.